The van der Waals surface area contributed by atoms with Crippen molar-refractivity contribution in [2.24, 2.45) is 0 Å². The first-order chi connectivity index (χ1) is 12.6. The van der Waals surface area contributed by atoms with E-state index in [1.54, 1.807) is 11.1 Å². The molecule has 0 aliphatic carbocycles. The van der Waals surface area contributed by atoms with Gasteiger partial charge in [0.2, 0.25) is 0 Å². The Morgan fingerprint density at radius 1 is 1.27 bits per heavy atom. The van der Waals surface area contributed by atoms with Gasteiger partial charge in [0.15, 0.2) is 0 Å². The number of hydrogen-bond acceptors (Lipinski definition) is 3. The predicted octanol–water partition coefficient (Wildman–Crippen LogP) is 4.38. The number of thiophene rings is 1. The summed E-state index contributed by atoms with van der Waals surface area (Å²) in [7, 11) is 0. The van der Waals surface area contributed by atoms with Crippen molar-refractivity contribution in [3.63, 3.8) is 0 Å². The van der Waals surface area contributed by atoms with Crippen LogP contribution in [0.15, 0.2) is 54.9 Å². The molecule has 136 valence electrons. The topological polar surface area (TPSA) is 50.2 Å². The zero-order valence-electron chi connectivity index (χ0n) is 14.6. The normalized spacial score (nSPS) is 10.7. The molecule has 0 radical (unpaired) electrons. The molecule has 2 amide bonds. The van der Waals surface area contributed by atoms with E-state index in [1.165, 1.54) is 11.3 Å². The molecule has 5 nitrogen and oxygen atoms in total. The maximum absolute atomic E-state index is 12.5. The van der Waals surface area contributed by atoms with Crippen molar-refractivity contribution in [1.82, 2.24) is 20.0 Å². The standard InChI is InChI=1S/C19H21ClN4OS/c1-2-23(14-17-7-8-18(20)26-17)19(25)21-12-15-5-3-6-16(11-15)13-24-10-4-9-22-24/h3-11H,2,12-14H2,1H3,(H,21,25). The number of carbonyl (C=O) groups is 1. The first kappa shape index (κ1) is 18.5. The molecular weight excluding hydrogens is 368 g/mol. The molecule has 0 saturated heterocycles. The summed E-state index contributed by atoms with van der Waals surface area (Å²) in [4.78, 5) is 15.3. The highest BCUT2D eigenvalue weighted by Gasteiger charge is 2.13. The van der Waals surface area contributed by atoms with E-state index >= 15 is 0 Å². The summed E-state index contributed by atoms with van der Waals surface area (Å²) in [6, 6.07) is 13.8. The van der Waals surface area contributed by atoms with Gasteiger partial charge >= 0.3 is 6.03 Å². The van der Waals surface area contributed by atoms with Crippen LogP contribution in [0.2, 0.25) is 4.34 Å². The number of benzene rings is 1. The van der Waals surface area contributed by atoms with Gasteiger partial charge in [-0.05, 0) is 36.2 Å². The summed E-state index contributed by atoms with van der Waals surface area (Å²) < 4.78 is 2.62. The molecule has 26 heavy (non-hydrogen) atoms. The lowest BCUT2D eigenvalue weighted by Crippen LogP contribution is -2.38. The van der Waals surface area contributed by atoms with Gasteiger partial charge in [-0.25, -0.2) is 4.79 Å². The number of amides is 2. The van der Waals surface area contributed by atoms with Gasteiger partial charge in [0.05, 0.1) is 17.4 Å². The van der Waals surface area contributed by atoms with Gasteiger partial charge in [-0.15, -0.1) is 11.3 Å². The SMILES string of the molecule is CCN(Cc1ccc(Cl)s1)C(=O)NCc1cccc(Cn2cccn2)c1. The van der Waals surface area contributed by atoms with E-state index in [-0.39, 0.29) is 6.03 Å². The molecule has 0 spiro atoms. The lowest BCUT2D eigenvalue weighted by molar-refractivity contribution is 0.198. The highest BCUT2D eigenvalue weighted by atomic mass is 35.5. The van der Waals surface area contributed by atoms with Crippen molar-refractivity contribution < 1.29 is 4.79 Å². The van der Waals surface area contributed by atoms with E-state index < -0.39 is 0 Å². The molecule has 1 aromatic carbocycles. The molecule has 0 unspecified atom stereocenters. The van der Waals surface area contributed by atoms with Crippen LogP contribution in [0.25, 0.3) is 0 Å². The molecule has 0 saturated carbocycles. The van der Waals surface area contributed by atoms with Crippen LogP contribution >= 0.6 is 22.9 Å². The third-order valence-corrected chi connectivity index (χ3v) is 5.20. The lowest BCUT2D eigenvalue weighted by atomic mass is 10.1. The van der Waals surface area contributed by atoms with Crippen molar-refractivity contribution in [2.75, 3.05) is 6.54 Å². The molecular formula is C19H21ClN4OS. The number of nitrogens with zero attached hydrogens (tertiary/aromatic N) is 3. The summed E-state index contributed by atoms with van der Waals surface area (Å²) >= 11 is 7.47. The fourth-order valence-corrected chi connectivity index (χ4v) is 3.76. The van der Waals surface area contributed by atoms with Crippen LogP contribution in [0.4, 0.5) is 4.79 Å². The van der Waals surface area contributed by atoms with Crippen molar-refractivity contribution in [3.8, 4) is 0 Å². The number of urea groups is 1. The molecule has 7 heteroatoms. The molecule has 3 aromatic rings. The van der Waals surface area contributed by atoms with Crippen LogP contribution in [-0.4, -0.2) is 27.3 Å². The van der Waals surface area contributed by atoms with Gasteiger partial charge in [0.1, 0.15) is 0 Å². The van der Waals surface area contributed by atoms with Crippen LogP contribution in [0, 0.1) is 0 Å². The summed E-state index contributed by atoms with van der Waals surface area (Å²) in [5.41, 5.74) is 2.22. The predicted molar refractivity (Wildman–Crippen MR) is 105 cm³/mol. The quantitative estimate of drug-likeness (QED) is 0.653. The van der Waals surface area contributed by atoms with Crippen LogP contribution < -0.4 is 5.32 Å². The van der Waals surface area contributed by atoms with E-state index in [4.69, 9.17) is 11.6 Å². The number of nitrogens with one attached hydrogen (secondary N) is 1. The summed E-state index contributed by atoms with van der Waals surface area (Å²) in [6.45, 7) is 4.39. The Bertz CT molecular complexity index is 847. The Balaban J connectivity index is 1.56. The average molecular weight is 389 g/mol. The van der Waals surface area contributed by atoms with Gasteiger partial charge in [0, 0.05) is 30.4 Å². The van der Waals surface area contributed by atoms with E-state index in [1.807, 2.05) is 48.1 Å². The molecule has 0 aliphatic rings. The molecule has 0 atom stereocenters. The number of halogens is 1. The average Bonchev–Trinajstić information content (AvgIpc) is 3.29. The Labute approximate surface area is 162 Å². The smallest absolute Gasteiger partial charge is 0.317 e. The number of hydrogen-bond donors (Lipinski definition) is 1. The van der Waals surface area contributed by atoms with Gasteiger partial charge in [-0.3, -0.25) is 4.68 Å². The zero-order chi connectivity index (χ0) is 18.4. The molecule has 0 fully saturated rings. The Kier molecular flexibility index (Phi) is 6.30. The van der Waals surface area contributed by atoms with Crippen LogP contribution in [-0.2, 0) is 19.6 Å². The molecule has 2 aromatic heterocycles. The Morgan fingerprint density at radius 2 is 2.12 bits per heavy atom. The van der Waals surface area contributed by atoms with Crippen LogP contribution in [0.1, 0.15) is 22.9 Å². The van der Waals surface area contributed by atoms with E-state index in [2.05, 4.69) is 22.5 Å². The van der Waals surface area contributed by atoms with E-state index in [9.17, 15) is 4.79 Å². The number of rotatable bonds is 7. The van der Waals surface area contributed by atoms with E-state index in [0.717, 1.165) is 26.9 Å². The third-order valence-electron chi connectivity index (χ3n) is 3.98. The van der Waals surface area contributed by atoms with Crippen molar-refractivity contribution in [1.29, 1.82) is 0 Å². The summed E-state index contributed by atoms with van der Waals surface area (Å²) in [5.74, 6) is 0. The minimum Gasteiger partial charge on any atom is -0.334 e. The summed E-state index contributed by atoms with van der Waals surface area (Å²) in [6.07, 6.45) is 3.70. The second-order valence-electron chi connectivity index (χ2n) is 5.90. The van der Waals surface area contributed by atoms with Crippen LogP contribution in [0.3, 0.4) is 0 Å². The zero-order valence-corrected chi connectivity index (χ0v) is 16.1. The van der Waals surface area contributed by atoms with Gasteiger partial charge in [-0.2, -0.15) is 5.10 Å². The highest BCUT2D eigenvalue weighted by molar-refractivity contribution is 7.16. The fourth-order valence-electron chi connectivity index (χ4n) is 2.66. The minimum atomic E-state index is -0.0745. The maximum Gasteiger partial charge on any atom is 0.317 e. The minimum absolute atomic E-state index is 0.0745. The number of aromatic nitrogens is 2. The highest BCUT2D eigenvalue weighted by Crippen LogP contribution is 2.22. The number of carbonyl (C=O) groups excluding carboxylic acids is 1. The third kappa shape index (κ3) is 5.09. The van der Waals surface area contributed by atoms with Crippen molar-refractivity contribution in [2.45, 2.75) is 26.6 Å². The molecule has 2 heterocycles. The lowest BCUT2D eigenvalue weighted by Gasteiger charge is -2.20. The molecule has 0 aliphatic heterocycles. The summed E-state index contributed by atoms with van der Waals surface area (Å²) in [5, 5.41) is 7.22. The maximum atomic E-state index is 12.5. The van der Waals surface area contributed by atoms with Gasteiger partial charge < -0.3 is 10.2 Å². The van der Waals surface area contributed by atoms with E-state index in [0.29, 0.717) is 19.6 Å². The largest absolute Gasteiger partial charge is 0.334 e. The first-order valence-corrected chi connectivity index (χ1v) is 9.65. The monoisotopic (exact) mass is 388 g/mol. The Hall–Kier alpha value is -2.31. The second-order valence-corrected chi connectivity index (χ2v) is 7.70. The second kappa shape index (κ2) is 8.87. The fraction of sp³-hybridized carbons (Fsp3) is 0.263. The Morgan fingerprint density at radius 3 is 2.81 bits per heavy atom. The molecule has 3 rings (SSSR count). The van der Waals surface area contributed by atoms with Gasteiger partial charge in [0.25, 0.3) is 0 Å². The van der Waals surface area contributed by atoms with Crippen LogP contribution in [0.5, 0.6) is 0 Å². The molecule has 0 bridgehead atoms. The molecule has 1 N–H and O–H groups in total. The first-order valence-electron chi connectivity index (χ1n) is 8.46. The van der Waals surface area contributed by atoms with Gasteiger partial charge in [-0.1, -0.05) is 35.9 Å². The van der Waals surface area contributed by atoms with Crippen molar-refractivity contribution in [3.05, 3.63) is 75.2 Å². The van der Waals surface area contributed by atoms with Crippen molar-refractivity contribution >= 4 is 29.0 Å².